The van der Waals surface area contributed by atoms with E-state index < -0.39 is 10.1 Å². The van der Waals surface area contributed by atoms with Gasteiger partial charge in [-0.25, -0.2) is 0 Å². The van der Waals surface area contributed by atoms with Crippen LogP contribution in [0.15, 0.2) is 24.3 Å². The molecular formula is C22H38O3S. The first kappa shape index (κ1) is 23.0. The van der Waals surface area contributed by atoms with Crippen LogP contribution in [0.5, 0.6) is 5.75 Å². The molecule has 26 heavy (non-hydrogen) atoms. The van der Waals surface area contributed by atoms with Crippen LogP contribution in [-0.4, -0.2) is 13.7 Å². The van der Waals surface area contributed by atoms with E-state index in [0.717, 1.165) is 31.2 Å². The van der Waals surface area contributed by atoms with E-state index in [-0.39, 0.29) is 5.25 Å². The summed E-state index contributed by atoms with van der Waals surface area (Å²) in [5, 5.41) is -0.382. The summed E-state index contributed by atoms with van der Waals surface area (Å²) in [6.07, 6.45) is 12.8. The summed E-state index contributed by atoms with van der Waals surface area (Å²) in [4.78, 5) is 0. The minimum absolute atomic E-state index is 0.382. The highest BCUT2D eigenvalue weighted by atomic mass is 32.2. The van der Waals surface area contributed by atoms with Crippen LogP contribution >= 0.6 is 0 Å². The Morgan fingerprint density at radius 1 is 0.769 bits per heavy atom. The molecule has 1 rings (SSSR count). The van der Waals surface area contributed by atoms with Gasteiger partial charge in [0.05, 0.1) is 5.25 Å². The summed E-state index contributed by atoms with van der Waals surface area (Å²) in [5.41, 5.74) is 1.10. The number of rotatable bonds is 15. The molecule has 0 aliphatic heterocycles. The number of hydrogen-bond acceptors (Lipinski definition) is 3. The van der Waals surface area contributed by atoms with Crippen molar-refractivity contribution in [3.63, 3.8) is 0 Å². The van der Waals surface area contributed by atoms with E-state index >= 15 is 0 Å². The Kier molecular flexibility index (Phi) is 11.7. The average molecular weight is 383 g/mol. The highest BCUT2D eigenvalue weighted by Crippen LogP contribution is 2.23. The second-order valence-electron chi connectivity index (χ2n) is 7.42. The van der Waals surface area contributed by atoms with Gasteiger partial charge >= 0.3 is 10.1 Å². The molecule has 0 aliphatic carbocycles. The third-order valence-corrected chi connectivity index (χ3v) is 6.61. The zero-order valence-corrected chi connectivity index (χ0v) is 17.8. The van der Waals surface area contributed by atoms with Gasteiger partial charge in [0.1, 0.15) is 5.75 Å². The number of hydrogen-bond donors (Lipinski definition) is 0. The lowest BCUT2D eigenvalue weighted by molar-refractivity contribution is 0.447. The van der Waals surface area contributed by atoms with E-state index in [9.17, 15) is 8.42 Å². The van der Waals surface area contributed by atoms with Gasteiger partial charge in [-0.05, 0) is 31.9 Å². The summed E-state index contributed by atoms with van der Waals surface area (Å²) in [6, 6.07) is 7.25. The molecule has 1 aromatic rings. The predicted molar refractivity (Wildman–Crippen MR) is 111 cm³/mol. The Balaban J connectivity index is 2.61. The molecule has 0 saturated heterocycles. The first-order chi connectivity index (χ1) is 12.5. The third-order valence-electron chi connectivity index (χ3n) is 4.90. The summed E-state index contributed by atoms with van der Waals surface area (Å²) in [6.45, 7) is 6.37. The van der Waals surface area contributed by atoms with Crippen molar-refractivity contribution in [3.8, 4) is 5.75 Å². The van der Waals surface area contributed by atoms with Crippen molar-refractivity contribution in [2.75, 3.05) is 0 Å². The van der Waals surface area contributed by atoms with Gasteiger partial charge in [0.15, 0.2) is 0 Å². The van der Waals surface area contributed by atoms with E-state index in [1.54, 1.807) is 12.1 Å². The molecule has 0 fully saturated rings. The SMILES string of the molecule is CCCCCCCC(CCCCCCC)S(=O)(=O)Oc1ccc(C)cc1. The van der Waals surface area contributed by atoms with Crippen molar-refractivity contribution >= 4 is 10.1 Å². The number of aryl methyl sites for hydroxylation is 1. The first-order valence-corrected chi connectivity index (χ1v) is 12.0. The maximum Gasteiger partial charge on any atom is 0.312 e. The third kappa shape index (κ3) is 9.61. The molecule has 0 aliphatic rings. The molecule has 0 saturated carbocycles. The van der Waals surface area contributed by atoms with Gasteiger partial charge < -0.3 is 4.18 Å². The van der Waals surface area contributed by atoms with Gasteiger partial charge in [0.2, 0.25) is 0 Å². The predicted octanol–water partition coefficient (Wildman–Crippen LogP) is 6.79. The van der Waals surface area contributed by atoms with E-state index in [1.807, 2.05) is 19.1 Å². The molecule has 1 aromatic carbocycles. The molecule has 0 heterocycles. The molecule has 0 radical (unpaired) electrons. The summed E-state index contributed by atoms with van der Waals surface area (Å²) >= 11 is 0. The largest absolute Gasteiger partial charge is 0.382 e. The highest BCUT2D eigenvalue weighted by Gasteiger charge is 2.26. The van der Waals surface area contributed by atoms with Crippen LogP contribution < -0.4 is 4.18 Å². The minimum Gasteiger partial charge on any atom is -0.382 e. The van der Waals surface area contributed by atoms with Crippen molar-refractivity contribution < 1.29 is 12.6 Å². The Labute approximate surface area is 161 Å². The van der Waals surface area contributed by atoms with Crippen molar-refractivity contribution in [1.82, 2.24) is 0 Å². The lowest BCUT2D eigenvalue weighted by Gasteiger charge is -2.18. The maximum atomic E-state index is 12.8. The first-order valence-electron chi connectivity index (χ1n) is 10.5. The smallest absolute Gasteiger partial charge is 0.312 e. The fourth-order valence-corrected chi connectivity index (χ4v) is 4.61. The second kappa shape index (κ2) is 13.2. The van der Waals surface area contributed by atoms with Crippen LogP contribution in [0.3, 0.4) is 0 Å². The van der Waals surface area contributed by atoms with Gasteiger partial charge in [-0.3, -0.25) is 0 Å². The molecule has 4 heteroatoms. The lowest BCUT2D eigenvalue weighted by atomic mass is 10.0. The second-order valence-corrected chi connectivity index (χ2v) is 9.24. The minimum atomic E-state index is -3.57. The molecular weight excluding hydrogens is 344 g/mol. The van der Waals surface area contributed by atoms with Crippen molar-refractivity contribution in [1.29, 1.82) is 0 Å². The monoisotopic (exact) mass is 382 g/mol. The van der Waals surface area contributed by atoms with Gasteiger partial charge in [-0.1, -0.05) is 95.8 Å². The Hall–Kier alpha value is -1.03. The molecule has 0 spiro atoms. The molecule has 0 atom stereocenters. The van der Waals surface area contributed by atoms with Gasteiger partial charge in [0, 0.05) is 0 Å². The molecule has 150 valence electrons. The fraction of sp³-hybridized carbons (Fsp3) is 0.727. The van der Waals surface area contributed by atoms with Crippen LogP contribution in [0, 0.1) is 6.92 Å². The van der Waals surface area contributed by atoms with Crippen molar-refractivity contribution in [2.24, 2.45) is 0 Å². The number of unbranched alkanes of at least 4 members (excludes halogenated alkanes) is 8. The molecule has 0 amide bonds. The molecule has 3 nitrogen and oxygen atoms in total. The highest BCUT2D eigenvalue weighted by molar-refractivity contribution is 7.87. The van der Waals surface area contributed by atoms with Gasteiger partial charge in [-0.15, -0.1) is 0 Å². The fourth-order valence-electron chi connectivity index (χ4n) is 3.18. The Morgan fingerprint density at radius 2 is 1.23 bits per heavy atom. The summed E-state index contributed by atoms with van der Waals surface area (Å²) < 4.78 is 31.1. The van der Waals surface area contributed by atoms with Crippen molar-refractivity contribution in [3.05, 3.63) is 29.8 Å². The van der Waals surface area contributed by atoms with Crippen LogP contribution in [0.2, 0.25) is 0 Å². The standard InChI is InChI=1S/C22H38O3S/c1-4-6-8-10-12-14-22(15-13-11-9-7-5-2)26(23,24)25-21-18-16-20(3)17-19-21/h16-19,22H,4-15H2,1-3H3. The van der Waals surface area contributed by atoms with E-state index in [1.165, 1.54) is 38.5 Å². The summed E-state index contributed by atoms with van der Waals surface area (Å²) in [7, 11) is -3.57. The van der Waals surface area contributed by atoms with Gasteiger partial charge in [-0.2, -0.15) is 8.42 Å². The van der Waals surface area contributed by atoms with Crippen LogP contribution in [0.4, 0.5) is 0 Å². The molecule has 0 unspecified atom stereocenters. The normalized spacial score (nSPS) is 11.8. The van der Waals surface area contributed by atoms with Gasteiger partial charge in [0.25, 0.3) is 0 Å². The topological polar surface area (TPSA) is 43.4 Å². The van der Waals surface area contributed by atoms with E-state index in [0.29, 0.717) is 18.6 Å². The van der Waals surface area contributed by atoms with E-state index in [2.05, 4.69) is 13.8 Å². The molecule has 0 aromatic heterocycles. The zero-order chi connectivity index (χ0) is 19.3. The lowest BCUT2D eigenvalue weighted by Crippen LogP contribution is -2.26. The maximum absolute atomic E-state index is 12.8. The summed E-state index contributed by atoms with van der Waals surface area (Å²) in [5.74, 6) is 0.428. The Bertz CT molecular complexity index is 550. The van der Waals surface area contributed by atoms with Crippen LogP contribution in [-0.2, 0) is 10.1 Å². The van der Waals surface area contributed by atoms with Crippen molar-refractivity contribution in [2.45, 2.75) is 103 Å². The quantitative estimate of drug-likeness (QED) is 0.248. The number of benzene rings is 1. The van der Waals surface area contributed by atoms with E-state index in [4.69, 9.17) is 4.18 Å². The van der Waals surface area contributed by atoms with Crippen LogP contribution in [0.25, 0.3) is 0 Å². The molecule has 0 bridgehead atoms. The average Bonchev–Trinajstić information content (AvgIpc) is 2.61. The molecule has 0 N–H and O–H groups in total. The van der Waals surface area contributed by atoms with Crippen LogP contribution in [0.1, 0.15) is 96.5 Å². The Morgan fingerprint density at radius 3 is 1.69 bits per heavy atom. The zero-order valence-electron chi connectivity index (χ0n) is 17.0.